The van der Waals surface area contributed by atoms with Gasteiger partial charge < -0.3 is 5.11 Å². The summed E-state index contributed by atoms with van der Waals surface area (Å²) in [5.74, 6) is 0.151. The van der Waals surface area contributed by atoms with Crippen LogP contribution in [0.5, 0.6) is 0 Å². The highest BCUT2D eigenvalue weighted by molar-refractivity contribution is 7.89. The normalized spacial score (nSPS) is 32.8. The van der Waals surface area contributed by atoms with Crippen LogP contribution in [0, 0.1) is 0 Å². The van der Waals surface area contributed by atoms with E-state index in [4.69, 9.17) is 5.11 Å². The molecule has 5 heteroatoms. The van der Waals surface area contributed by atoms with Crippen LogP contribution in [0.25, 0.3) is 0 Å². The lowest BCUT2D eigenvalue weighted by Crippen LogP contribution is -2.28. The van der Waals surface area contributed by atoms with Crippen molar-refractivity contribution in [2.75, 3.05) is 12.4 Å². The molecule has 0 amide bonds. The second-order valence-electron chi connectivity index (χ2n) is 2.10. The van der Waals surface area contributed by atoms with E-state index >= 15 is 0 Å². The SMILES string of the molecule is O=S1(=O)CC[C@@H](CO)N1. The molecule has 9 heavy (non-hydrogen) atoms. The van der Waals surface area contributed by atoms with Gasteiger partial charge in [0, 0.05) is 6.04 Å². The van der Waals surface area contributed by atoms with Gasteiger partial charge in [-0.15, -0.1) is 0 Å². The fourth-order valence-electron chi connectivity index (χ4n) is 0.798. The summed E-state index contributed by atoms with van der Waals surface area (Å²) in [6.45, 7) is -0.0980. The number of hydrogen-bond acceptors (Lipinski definition) is 3. The molecule has 54 valence electrons. The highest BCUT2D eigenvalue weighted by atomic mass is 32.2. The van der Waals surface area contributed by atoms with E-state index in [1.54, 1.807) is 0 Å². The average Bonchev–Trinajstić information content (AvgIpc) is 2.10. The summed E-state index contributed by atoms with van der Waals surface area (Å²) in [6.07, 6.45) is 0.527. The summed E-state index contributed by atoms with van der Waals surface area (Å²) < 4.78 is 23.5. The van der Waals surface area contributed by atoms with Gasteiger partial charge in [0.05, 0.1) is 12.4 Å². The van der Waals surface area contributed by atoms with Crippen molar-refractivity contribution in [2.24, 2.45) is 0 Å². The number of aliphatic hydroxyl groups is 1. The van der Waals surface area contributed by atoms with Gasteiger partial charge in [-0.05, 0) is 6.42 Å². The van der Waals surface area contributed by atoms with Gasteiger partial charge in [0.2, 0.25) is 10.0 Å². The Morgan fingerprint density at radius 2 is 2.33 bits per heavy atom. The summed E-state index contributed by atoms with van der Waals surface area (Å²) in [5, 5.41) is 8.47. The van der Waals surface area contributed by atoms with Crippen LogP contribution in [0.3, 0.4) is 0 Å². The standard InChI is InChI=1S/C4H9NO3S/c6-3-4-1-2-9(7,8)5-4/h4-6H,1-3H2/t4-/m0/s1. The lowest BCUT2D eigenvalue weighted by atomic mass is 10.3. The largest absolute Gasteiger partial charge is 0.395 e. The fraction of sp³-hybridized carbons (Fsp3) is 1.00. The molecular formula is C4H9NO3S. The van der Waals surface area contributed by atoms with E-state index in [2.05, 4.69) is 4.72 Å². The molecule has 1 saturated heterocycles. The van der Waals surface area contributed by atoms with E-state index in [0.29, 0.717) is 6.42 Å². The smallest absolute Gasteiger partial charge is 0.211 e. The van der Waals surface area contributed by atoms with Crippen molar-refractivity contribution in [2.45, 2.75) is 12.5 Å². The van der Waals surface area contributed by atoms with Gasteiger partial charge in [-0.1, -0.05) is 0 Å². The van der Waals surface area contributed by atoms with Crippen LogP contribution in [-0.4, -0.2) is 31.9 Å². The summed E-state index contributed by atoms with van der Waals surface area (Å²) in [4.78, 5) is 0. The van der Waals surface area contributed by atoms with E-state index < -0.39 is 10.0 Å². The Morgan fingerprint density at radius 1 is 1.67 bits per heavy atom. The quantitative estimate of drug-likeness (QED) is 0.488. The number of aliphatic hydroxyl groups excluding tert-OH is 1. The lowest BCUT2D eigenvalue weighted by molar-refractivity contribution is 0.260. The van der Waals surface area contributed by atoms with Crippen LogP contribution in [0.15, 0.2) is 0 Å². The van der Waals surface area contributed by atoms with Crippen LogP contribution in [0.1, 0.15) is 6.42 Å². The maximum Gasteiger partial charge on any atom is 0.211 e. The third-order valence-electron chi connectivity index (χ3n) is 1.30. The fourth-order valence-corrected chi connectivity index (χ4v) is 2.21. The van der Waals surface area contributed by atoms with Crippen LogP contribution >= 0.6 is 0 Å². The summed E-state index contributed by atoms with van der Waals surface area (Å²) in [6, 6.07) is -0.241. The summed E-state index contributed by atoms with van der Waals surface area (Å²) >= 11 is 0. The van der Waals surface area contributed by atoms with E-state index in [-0.39, 0.29) is 18.4 Å². The minimum Gasteiger partial charge on any atom is -0.395 e. The molecule has 0 aromatic rings. The molecule has 2 N–H and O–H groups in total. The lowest BCUT2D eigenvalue weighted by Gasteiger charge is -2.00. The van der Waals surface area contributed by atoms with Gasteiger partial charge in [0.25, 0.3) is 0 Å². The minimum atomic E-state index is -3.02. The van der Waals surface area contributed by atoms with Crippen molar-refractivity contribution in [3.8, 4) is 0 Å². The monoisotopic (exact) mass is 151 g/mol. The maximum atomic E-state index is 10.6. The molecule has 0 bridgehead atoms. The molecule has 1 heterocycles. The molecule has 4 nitrogen and oxygen atoms in total. The van der Waals surface area contributed by atoms with Crippen LogP contribution in [-0.2, 0) is 10.0 Å². The maximum absolute atomic E-state index is 10.6. The molecule has 1 aliphatic heterocycles. The zero-order chi connectivity index (χ0) is 6.91. The molecule has 0 aromatic carbocycles. The topological polar surface area (TPSA) is 66.4 Å². The van der Waals surface area contributed by atoms with Crippen molar-refractivity contribution in [1.82, 2.24) is 4.72 Å². The van der Waals surface area contributed by atoms with Gasteiger partial charge >= 0.3 is 0 Å². The van der Waals surface area contributed by atoms with E-state index in [1.165, 1.54) is 0 Å². The summed E-state index contributed by atoms with van der Waals surface area (Å²) in [5.41, 5.74) is 0. The van der Waals surface area contributed by atoms with Gasteiger partial charge in [0.15, 0.2) is 0 Å². The Hall–Kier alpha value is -0.130. The van der Waals surface area contributed by atoms with Crippen molar-refractivity contribution >= 4 is 10.0 Å². The Labute approximate surface area is 53.9 Å². The number of nitrogens with one attached hydrogen (secondary N) is 1. The Kier molecular flexibility index (Phi) is 1.74. The predicted octanol–water partition coefficient (Wildman–Crippen LogP) is -1.33. The minimum absolute atomic E-state index is 0.0980. The highest BCUT2D eigenvalue weighted by Crippen LogP contribution is 2.05. The molecule has 0 aliphatic carbocycles. The third kappa shape index (κ3) is 1.64. The Bertz CT molecular complexity index is 186. The van der Waals surface area contributed by atoms with Gasteiger partial charge in [-0.2, -0.15) is 0 Å². The molecular weight excluding hydrogens is 142 g/mol. The first-order valence-electron chi connectivity index (χ1n) is 2.75. The van der Waals surface area contributed by atoms with Crippen molar-refractivity contribution in [3.05, 3.63) is 0 Å². The van der Waals surface area contributed by atoms with Gasteiger partial charge in [0.1, 0.15) is 0 Å². The molecule has 0 spiro atoms. The van der Waals surface area contributed by atoms with Crippen molar-refractivity contribution in [1.29, 1.82) is 0 Å². The molecule has 0 unspecified atom stereocenters. The molecule has 1 rings (SSSR count). The van der Waals surface area contributed by atoms with E-state index in [0.717, 1.165) is 0 Å². The summed E-state index contributed by atoms with van der Waals surface area (Å²) in [7, 11) is -3.02. The molecule has 0 aromatic heterocycles. The van der Waals surface area contributed by atoms with Crippen LogP contribution < -0.4 is 4.72 Å². The molecule has 0 radical (unpaired) electrons. The van der Waals surface area contributed by atoms with Gasteiger partial charge in [-0.25, -0.2) is 13.1 Å². The molecule has 1 fully saturated rings. The Balaban J connectivity index is 2.58. The van der Waals surface area contributed by atoms with E-state index in [1.807, 2.05) is 0 Å². The Morgan fingerprint density at radius 3 is 2.56 bits per heavy atom. The molecule has 1 aliphatic rings. The van der Waals surface area contributed by atoms with Gasteiger partial charge in [-0.3, -0.25) is 0 Å². The zero-order valence-corrected chi connectivity index (χ0v) is 5.69. The number of hydrogen-bond donors (Lipinski definition) is 2. The number of sulfonamides is 1. The average molecular weight is 151 g/mol. The zero-order valence-electron chi connectivity index (χ0n) is 4.87. The number of rotatable bonds is 1. The first-order valence-corrected chi connectivity index (χ1v) is 4.40. The van der Waals surface area contributed by atoms with Crippen molar-refractivity contribution in [3.63, 3.8) is 0 Å². The first-order chi connectivity index (χ1) is 4.14. The first kappa shape index (κ1) is 6.98. The molecule has 1 atom stereocenters. The van der Waals surface area contributed by atoms with E-state index in [9.17, 15) is 8.42 Å². The second kappa shape index (κ2) is 2.24. The molecule has 0 saturated carbocycles. The second-order valence-corrected chi connectivity index (χ2v) is 3.98. The van der Waals surface area contributed by atoms with Crippen LogP contribution in [0.4, 0.5) is 0 Å². The highest BCUT2D eigenvalue weighted by Gasteiger charge is 2.25. The predicted molar refractivity (Wildman–Crippen MR) is 32.4 cm³/mol. The third-order valence-corrected chi connectivity index (χ3v) is 2.77. The van der Waals surface area contributed by atoms with Crippen molar-refractivity contribution < 1.29 is 13.5 Å². The van der Waals surface area contributed by atoms with Crippen LogP contribution in [0.2, 0.25) is 0 Å².